The van der Waals surface area contributed by atoms with E-state index in [2.05, 4.69) is 5.32 Å². The van der Waals surface area contributed by atoms with Crippen LogP contribution in [-0.2, 0) is 15.8 Å². The van der Waals surface area contributed by atoms with Crippen molar-refractivity contribution in [1.82, 2.24) is 4.90 Å². The van der Waals surface area contributed by atoms with E-state index in [1.165, 1.54) is 19.1 Å². The highest BCUT2D eigenvalue weighted by molar-refractivity contribution is 8.26. The first-order chi connectivity index (χ1) is 17.1. The van der Waals surface area contributed by atoms with E-state index in [4.69, 9.17) is 17.0 Å². The summed E-state index contributed by atoms with van der Waals surface area (Å²) < 4.78 is 44.9. The van der Waals surface area contributed by atoms with Crippen molar-refractivity contribution in [2.75, 3.05) is 5.32 Å². The van der Waals surface area contributed by atoms with Crippen LogP contribution in [0, 0.1) is 0 Å². The normalized spacial score (nSPS) is 15.8. The molecule has 3 aromatic carbocycles. The Kier molecular flexibility index (Phi) is 7.46. The van der Waals surface area contributed by atoms with Gasteiger partial charge in [-0.2, -0.15) is 13.2 Å². The Bertz CT molecular complexity index is 1340. The lowest BCUT2D eigenvalue weighted by Crippen LogP contribution is -2.44. The predicted octanol–water partition coefficient (Wildman–Crippen LogP) is 6.73. The number of carbonyl (C=O) groups is 2. The summed E-state index contributed by atoms with van der Waals surface area (Å²) in [6.07, 6.45) is -2.90. The summed E-state index contributed by atoms with van der Waals surface area (Å²) in [5.41, 5.74) is -0.220. The van der Waals surface area contributed by atoms with E-state index in [0.29, 0.717) is 22.0 Å². The van der Waals surface area contributed by atoms with Gasteiger partial charge in [-0.25, -0.2) is 0 Å². The standard InChI is InChI=1S/C26H19F3N2O3S2/c1-16(23(32)30-19-9-6-8-18(15-19)26(27,28)29)31-24(33)22(36-25(31)35)14-17-7-5-12-21(13-17)34-20-10-3-2-4-11-20/h2-16H,1H3,(H,30,32)/b22-14-. The molecular formula is C26H19F3N2O3S2. The fourth-order valence-corrected chi connectivity index (χ4v) is 4.81. The zero-order valence-corrected chi connectivity index (χ0v) is 20.4. The lowest BCUT2D eigenvalue weighted by Gasteiger charge is -2.22. The number of benzene rings is 3. The minimum Gasteiger partial charge on any atom is -0.457 e. The summed E-state index contributed by atoms with van der Waals surface area (Å²) in [5, 5.41) is 2.43. The molecule has 0 radical (unpaired) electrons. The number of hydrogen-bond acceptors (Lipinski definition) is 5. The van der Waals surface area contributed by atoms with E-state index in [0.717, 1.165) is 28.8 Å². The molecule has 5 nitrogen and oxygen atoms in total. The van der Waals surface area contributed by atoms with Crippen molar-refractivity contribution in [2.24, 2.45) is 0 Å². The second-order valence-corrected chi connectivity index (χ2v) is 9.46. The van der Waals surface area contributed by atoms with Crippen molar-refractivity contribution in [3.05, 3.63) is 94.9 Å². The molecule has 36 heavy (non-hydrogen) atoms. The summed E-state index contributed by atoms with van der Waals surface area (Å²) in [4.78, 5) is 27.3. The Labute approximate surface area is 214 Å². The van der Waals surface area contributed by atoms with Crippen LogP contribution in [0.15, 0.2) is 83.8 Å². The molecule has 1 atom stereocenters. The van der Waals surface area contributed by atoms with E-state index < -0.39 is 29.6 Å². The van der Waals surface area contributed by atoms with E-state index in [-0.39, 0.29) is 10.0 Å². The average molecular weight is 529 g/mol. The maximum Gasteiger partial charge on any atom is 0.416 e. The third kappa shape index (κ3) is 5.95. The number of rotatable bonds is 6. The van der Waals surface area contributed by atoms with Gasteiger partial charge in [0.15, 0.2) is 0 Å². The number of thioether (sulfide) groups is 1. The highest BCUT2D eigenvalue weighted by atomic mass is 32.2. The Balaban J connectivity index is 1.47. The zero-order valence-electron chi connectivity index (χ0n) is 18.8. The molecule has 1 fully saturated rings. The van der Waals surface area contributed by atoms with Gasteiger partial charge in [0.2, 0.25) is 5.91 Å². The van der Waals surface area contributed by atoms with E-state index in [1.54, 1.807) is 30.3 Å². The molecule has 1 aliphatic rings. The molecular weight excluding hydrogens is 509 g/mol. The summed E-state index contributed by atoms with van der Waals surface area (Å²) in [6.45, 7) is 1.46. The average Bonchev–Trinajstić information content (AvgIpc) is 3.11. The molecule has 1 saturated heterocycles. The third-order valence-electron chi connectivity index (χ3n) is 5.18. The van der Waals surface area contributed by atoms with Gasteiger partial charge in [-0.15, -0.1) is 0 Å². The van der Waals surface area contributed by atoms with Crippen molar-refractivity contribution < 1.29 is 27.5 Å². The van der Waals surface area contributed by atoms with E-state index in [9.17, 15) is 22.8 Å². The van der Waals surface area contributed by atoms with Gasteiger partial charge in [-0.3, -0.25) is 14.5 Å². The number of halogens is 3. The Morgan fingerprint density at radius 2 is 1.72 bits per heavy atom. The number of ether oxygens (including phenoxy) is 1. The largest absolute Gasteiger partial charge is 0.457 e. The smallest absolute Gasteiger partial charge is 0.416 e. The van der Waals surface area contributed by atoms with Gasteiger partial charge >= 0.3 is 6.18 Å². The van der Waals surface area contributed by atoms with Crippen LogP contribution in [0.5, 0.6) is 11.5 Å². The zero-order chi connectivity index (χ0) is 25.9. The molecule has 1 unspecified atom stereocenters. The molecule has 0 saturated carbocycles. The van der Waals surface area contributed by atoms with Crippen molar-refractivity contribution in [3.8, 4) is 11.5 Å². The number of alkyl halides is 3. The van der Waals surface area contributed by atoms with Crippen molar-refractivity contribution in [2.45, 2.75) is 19.1 Å². The maximum absolute atomic E-state index is 13.1. The quantitative estimate of drug-likeness (QED) is 0.284. The van der Waals surface area contributed by atoms with Crippen LogP contribution < -0.4 is 10.1 Å². The summed E-state index contributed by atoms with van der Waals surface area (Å²) in [7, 11) is 0. The topological polar surface area (TPSA) is 58.6 Å². The molecule has 3 aromatic rings. The van der Waals surface area contributed by atoms with E-state index in [1.807, 2.05) is 30.3 Å². The molecule has 0 bridgehead atoms. The van der Waals surface area contributed by atoms with E-state index >= 15 is 0 Å². The number of thiocarbonyl (C=S) groups is 1. The third-order valence-corrected chi connectivity index (χ3v) is 6.51. The fraction of sp³-hybridized carbons (Fsp3) is 0.115. The lowest BCUT2D eigenvalue weighted by molar-refractivity contribution is -0.137. The first-order valence-electron chi connectivity index (χ1n) is 10.7. The van der Waals surface area contributed by atoms with Crippen LogP contribution in [0.25, 0.3) is 6.08 Å². The molecule has 0 spiro atoms. The minimum absolute atomic E-state index is 0.0297. The van der Waals surface area contributed by atoms with Crippen LogP contribution >= 0.6 is 24.0 Å². The van der Waals surface area contributed by atoms with Crippen molar-refractivity contribution in [1.29, 1.82) is 0 Å². The highest BCUT2D eigenvalue weighted by Crippen LogP contribution is 2.35. The van der Waals surface area contributed by atoms with Crippen LogP contribution in [0.2, 0.25) is 0 Å². The predicted molar refractivity (Wildman–Crippen MR) is 138 cm³/mol. The summed E-state index contributed by atoms with van der Waals surface area (Å²) >= 11 is 6.37. The van der Waals surface area contributed by atoms with Gasteiger partial charge in [0.25, 0.3) is 5.91 Å². The molecule has 0 aliphatic carbocycles. The number of amides is 2. The number of para-hydroxylation sites is 1. The van der Waals surface area contributed by atoms with Gasteiger partial charge in [-0.1, -0.05) is 60.4 Å². The van der Waals surface area contributed by atoms with Gasteiger partial charge < -0.3 is 10.1 Å². The van der Waals surface area contributed by atoms with Crippen molar-refractivity contribution >= 4 is 51.9 Å². The second kappa shape index (κ2) is 10.5. The number of hydrogen-bond donors (Lipinski definition) is 1. The lowest BCUT2D eigenvalue weighted by atomic mass is 10.1. The number of nitrogens with one attached hydrogen (secondary N) is 1. The Morgan fingerprint density at radius 3 is 2.44 bits per heavy atom. The van der Waals surface area contributed by atoms with Crippen LogP contribution in [0.4, 0.5) is 18.9 Å². The molecule has 0 aromatic heterocycles. The first kappa shape index (κ1) is 25.5. The molecule has 1 aliphatic heterocycles. The SMILES string of the molecule is CC(C(=O)Nc1cccc(C(F)(F)F)c1)N1C(=O)/C(=C/c2cccc(Oc3ccccc3)c2)SC1=S. The summed E-state index contributed by atoms with van der Waals surface area (Å²) in [6, 6.07) is 19.6. The van der Waals surface area contributed by atoms with Crippen LogP contribution in [-0.4, -0.2) is 27.1 Å². The van der Waals surface area contributed by atoms with Crippen molar-refractivity contribution in [3.63, 3.8) is 0 Å². The fourth-order valence-electron chi connectivity index (χ4n) is 3.39. The number of nitrogens with zero attached hydrogens (tertiary/aromatic N) is 1. The molecule has 1 N–H and O–H groups in total. The Morgan fingerprint density at radius 1 is 1.03 bits per heavy atom. The molecule has 2 amide bonds. The molecule has 4 rings (SSSR count). The number of carbonyl (C=O) groups excluding carboxylic acids is 2. The number of anilines is 1. The monoisotopic (exact) mass is 528 g/mol. The Hall–Kier alpha value is -3.63. The van der Waals surface area contributed by atoms with Gasteiger partial charge in [0.1, 0.15) is 21.9 Å². The van der Waals surface area contributed by atoms with Gasteiger partial charge in [-0.05, 0) is 61.0 Å². The van der Waals surface area contributed by atoms with Crippen LogP contribution in [0.1, 0.15) is 18.1 Å². The second-order valence-electron chi connectivity index (χ2n) is 7.78. The molecule has 1 heterocycles. The molecule has 10 heteroatoms. The highest BCUT2D eigenvalue weighted by Gasteiger charge is 2.38. The molecule has 184 valence electrons. The van der Waals surface area contributed by atoms with Gasteiger partial charge in [0, 0.05) is 5.69 Å². The minimum atomic E-state index is -4.54. The van der Waals surface area contributed by atoms with Crippen LogP contribution in [0.3, 0.4) is 0 Å². The summed E-state index contributed by atoms with van der Waals surface area (Å²) in [5.74, 6) is 0.122. The van der Waals surface area contributed by atoms with Gasteiger partial charge in [0.05, 0.1) is 10.5 Å². The first-order valence-corrected chi connectivity index (χ1v) is 11.9. The maximum atomic E-state index is 13.1.